The van der Waals surface area contributed by atoms with Crippen LogP contribution >= 0.6 is 7.82 Å². The molecule has 0 aliphatic carbocycles. The zero-order chi connectivity index (χ0) is 20.1. The van der Waals surface area contributed by atoms with Gasteiger partial charge in [-0.1, -0.05) is 5.92 Å². The molecule has 0 radical (unpaired) electrons. The van der Waals surface area contributed by atoms with E-state index in [2.05, 4.69) is 9.26 Å². The topological polar surface area (TPSA) is 151 Å². The highest BCUT2D eigenvalue weighted by molar-refractivity contribution is 7.46. The summed E-state index contributed by atoms with van der Waals surface area (Å²) in [4.78, 5) is 42.4. The van der Waals surface area contributed by atoms with Gasteiger partial charge in [0.05, 0.1) is 4.11 Å². The van der Waals surface area contributed by atoms with Gasteiger partial charge in [0, 0.05) is 12.6 Å². The van der Waals surface area contributed by atoms with Crippen molar-refractivity contribution in [2.45, 2.75) is 24.6 Å². The molecule has 0 aromatic carbocycles. The number of nitrogens with one attached hydrogen (secondary N) is 1. The SMILES string of the molecule is [2H]C([2H])(OP(=O)(O)O)[C@]1(F)C[C@@H](O)[C@]([2H])(n2cc(C#C)c(=O)[nH]c2=O)O1. The summed E-state index contributed by atoms with van der Waals surface area (Å²) in [5, 5.41) is 9.98. The minimum Gasteiger partial charge on any atom is -0.388 e. The molecular formula is C11H12FN2O8P. The number of phosphoric ester groups is 1. The Morgan fingerprint density at radius 2 is 2.39 bits per heavy atom. The quantitative estimate of drug-likeness (QED) is 0.380. The van der Waals surface area contributed by atoms with Crippen molar-refractivity contribution >= 4 is 7.82 Å². The first-order chi connectivity index (χ1) is 11.7. The number of aromatic nitrogens is 2. The number of halogens is 1. The third kappa shape index (κ3) is 3.94. The summed E-state index contributed by atoms with van der Waals surface area (Å²) in [5.41, 5.74) is -2.81. The Balaban J connectivity index is 2.54. The highest BCUT2D eigenvalue weighted by atomic mass is 31.2. The Morgan fingerprint density at radius 1 is 1.74 bits per heavy atom. The van der Waals surface area contributed by atoms with Crippen molar-refractivity contribution in [1.29, 1.82) is 0 Å². The predicted molar refractivity (Wildman–Crippen MR) is 71.8 cm³/mol. The smallest absolute Gasteiger partial charge is 0.388 e. The highest BCUT2D eigenvalue weighted by Crippen LogP contribution is 2.42. The van der Waals surface area contributed by atoms with E-state index < -0.39 is 55.8 Å². The second-order valence-corrected chi connectivity index (χ2v) is 5.55. The molecule has 0 bridgehead atoms. The lowest BCUT2D eigenvalue weighted by Gasteiger charge is -2.21. The molecule has 3 atom stereocenters. The molecule has 1 aromatic rings. The molecule has 2 heterocycles. The molecule has 0 unspecified atom stereocenters. The standard InChI is InChI=1S/C11H12FN2O8P/c1-2-6-4-14(10(17)13-8(6)16)9-7(15)3-11(12,22-9)5-21-23(18,19)20/h1,4,7,9,15H,3,5H2,(H,13,16,17)(H2,18,19,20)/t7-,9-,11+/m1/s1/i5D2,9D. The van der Waals surface area contributed by atoms with E-state index in [0.29, 0.717) is 6.20 Å². The number of aromatic amines is 1. The Kier molecular flexibility index (Phi) is 3.56. The van der Waals surface area contributed by atoms with Crippen LogP contribution in [0.3, 0.4) is 0 Å². The van der Waals surface area contributed by atoms with Crippen molar-refractivity contribution in [3.63, 3.8) is 0 Å². The van der Waals surface area contributed by atoms with Gasteiger partial charge in [0.1, 0.15) is 18.2 Å². The monoisotopic (exact) mass is 353 g/mol. The molecule has 23 heavy (non-hydrogen) atoms. The van der Waals surface area contributed by atoms with Gasteiger partial charge in [-0.2, -0.15) is 0 Å². The van der Waals surface area contributed by atoms with Gasteiger partial charge < -0.3 is 19.6 Å². The zero-order valence-corrected chi connectivity index (χ0v) is 12.0. The number of terminal acetylenes is 1. The molecule has 1 aliphatic rings. The summed E-state index contributed by atoms with van der Waals surface area (Å²) in [6.45, 7) is -3.81. The van der Waals surface area contributed by atoms with E-state index in [1.54, 1.807) is 4.98 Å². The van der Waals surface area contributed by atoms with Crippen LogP contribution in [0.4, 0.5) is 4.39 Å². The Labute approximate surface area is 131 Å². The van der Waals surface area contributed by atoms with Gasteiger partial charge in [-0.3, -0.25) is 18.9 Å². The lowest BCUT2D eigenvalue weighted by molar-refractivity contribution is -0.178. The Morgan fingerprint density at radius 3 is 2.96 bits per heavy atom. The Hall–Kier alpha value is -1.80. The lowest BCUT2D eigenvalue weighted by Crippen LogP contribution is -2.37. The fraction of sp³-hybridized carbons (Fsp3) is 0.455. The summed E-state index contributed by atoms with van der Waals surface area (Å²) in [7, 11) is -5.52. The van der Waals surface area contributed by atoms with E-state index in [1.807, 2.05) is 5.92 Å². The van der Waals surface area contributed by atoms with Crippen LogP contribution in [0.1, 0.15) is 22.3 Å². The molecule has 1 fully saturated rings. The summed E-state index contributed by atoms with van der Waals surface area (Å²) in [6, 6.07) is 0. The third-order valence-electron chi connectivity index (χ3n) is 2.66. The van der Waals surface area contributed by atoms with Crippen molar-refractivity contribution in [2.75, 3.05) is 6.56 Å². The number of rotatable bonds is 4. The minimum atomic E-state index is -5.52. The van der Waals surface area contributed by atoms with Crippen molar-refractivity contribution in [2.24, 2.45) is 0 Å². The maximum Gasteiger partial charge on any atom is 0.469 e. The summed E-state index contributed by atoms with van der Waals surface area (Å²) in [6.07, 6.45) is -0.903. The fourth-order valence-corrected chi connectivity index (χ4v) is 2.00. The summed E-state index contributed by atoms with van der Waals surface area (Å²) < 4.78 is 56.9. The minimum absolute atomic E-state index is 0.211. The number of ether oxygens (including phenoxy) is 1. The van der Waals surface area contributed by atoms with Gasteiger partial charge in [-0.05, 0) is 0 Å². The van der Waals surface area contributed by atoms with Crippen molar-refractivity contribution in [1.82, 2.24) is 9.55 Å². The molecular weight excluding hydrogens is 338 g/mol. The number of hydrogen-bond donors (Lipinski definition) is 4. The molecule has 126 valence electrons. The largest absolute Gasteiger partial charge is 0.469 e. The molecule has 1 aromatic heterocycles. The first-order valence-corrected chi connectivity index (χ1v) is 7.35. The summed E-state index contributed by atoms with van der Waals surface area (Å²) >= 11 is 0. The molecule has 0 saturated carbocycles. The summed E-state index contributed by atoms with van der Waals surface area (Å²) in [5.74, 6) is -1.85. The van der Waals surface area contributed by atoms with Crippen LogP contribution in [0.5, 0.6) is 0 Å². The van der Waals surface area contributed by atoms with Gasteiger partial charge >= 0.3 is 13.5 Å². The average Bonchev–Trinajstić information content (AvgIpc) is 2.68. The highest BCUT2D eigenvalue weighted by Gasteiger charge is 2.49. The molecule has 0 amide bonds. The molecule has 10 nitrogen and oxygen atoms in total. The van der Waals surface area contributed by atoms with Gasteiger partial charge in [0.25, 0.3) is 5.56 Å². The van der Waals surface area contributed by atoms with Crippen LogP contribution in [0.2, 0.25) is 0 Å². The zero-order valence-electron chi connectivity index (χ0n) is 14.1. The Bertz CT molecular complexity index is 939. The van der Waals surface area contributed by atoms with Gasteiger partial charge in [0.15, 0.2) is 6.20 Å². The van der Waals surface area contributed by atoms with E-state index >= 15 is 0 Å². The van der Waals surface area contributed by atoms with Crippen molar-refractivity contribution in [3.8, 4) is 12.3 Å². The molecule has 4 N–H and O–H groups in total. The number of nitrogens with zero attached hydrogens (tertiary/aromatic N) is 1. The van der Waals surface area contributed by atoms with E-state index in [4.69, 9.17) is 20.3 Å². The van der Waals surface area contributed by atoms with Crippen LogP contribution < -0.4 is 11.2 Å². The normalized spacial score (nSPS) is 33.5. The number of H-pyrrole nitrogens is 1. The van der Waals surface area contributed by atoms with Crippen LogP contribution in [0, 0.1) is 12.3 Å². The number of aliphatic hydroxyl groups excluding tert-OH is 1. The second-order valence-electron chi connectivity index (χ2n) is 4.39. The number of hydrogen-bond acceptors (Lipinski definition) is 6. The van der Waals surface area contributed by atoms with Gasteiger partial charge in [0.2, 0.25) is 5.85 Å². The van der Waals surface area contributed by atoms with Crippen LogP contribution in [0.25, 0.3) is 0 Å². The first-order valence-electron chi connectivity index (χ1n) is 7.32. The second kappa shape index (κ2) is 6.01. The number of aliphatic hydroxyl groups is 1. The predicted octanol–water partition coefficient (Wildman–Crippen LogP) is -1.43. The fourth-order valence-electron chi connectivity index (χ4n) is 1.75. The molecule has 12 heteroatoms. The average molecular weight is 353 g/mol. The number of phosphoric acid groups is 1. The molecule has 1 saturated heterocycles. The molecule has 2 rings (SSSR count). The van der Waals surface area contributed by atoms with Crippen LogP contribution in [-0.4, -0.2) is 43.0 Å². The third-order valence-corrected chi connectivity index (χ3v) is 2.99. The molecule has 1 aliphatic heterocycles. The number of alkyl halides is 1. The maximum absolute atomic E-state index is 14.9. The van der Waals surface area contributed by atoms with E-state index in [0.717, 1.165) is 0 Å². The van der Waals surface area contributed by atoms with Gasteiger partial charge in [-0.25, -0.2) is 13.8 Å². The van der Waals surface area contributed by atoms with Crippen molar-refractivity contribution < 1.29 is 37.2 Å². The van der Waals surface area contributed by atoms with E-state index in [9.17, 15) is 23.7 Å². The van der Waals surface area contributed by atoms with Crippen molar-refractivity contribution in [3.05, 3.63) is 32.6 Å². The van der Waals surface area contributed by atoms with Crippen LogP contribution in [-0.2, 0) is 13.8 Å². The lowest BCUT2D eigenvalue weighted by atomic mass is 10.2. The van der Waals surface area contributed by atoms with E-state index in [-0.39, 0.29) is 4.57 Å². The van der Waals surface area contributed by atoms with E-state index in [1.165, 1.54) is 0 Å². The molecule has 0 spiro atoms. The van der Waals surface area contributed by atoms with Crippen LogP contribution in [0.15, 0.2) is 15.8 Å². The first kappa shape index (κ1) is 13.6. The van der Waals surface area contributed by atoms with Gasteiger partial charge in [-0.15, -0.1) is 6.42 Å². The maximum atomic E-state index is 14.9.